The van der Waals surface area contributed by atoms with Crippen molar-refractivity contribution >= 4 is 11.7 Å². The quantitative estimate of drug-likeness (QED) is 0.861. The molecular weight excluding hydrogens is 245 g/mol. The molecule has 1 aromatic carbocycles. The van der Waals surface area contributed by atoms with Crippen molar-refractivity contribution in [3.8, 4) is 0 Å². The van der Waals surface area contributed by atoms with Crippen LogP contribution in [0.25, 0.3) is 0 Å². The predicted molar refractivity (Wildman–Crippen MR) is 76.1 cm³/mol. The second kappa shape index (κ2) is 7.09. The van der Waals surface area contributed by atoms with Crippen molar-refractivity contribution in [2.75, 3.05) is 32.5 Å². The van der Waals surface area contributed by atoms with E-state index in [1.807, 2.05) is 32.8 Å². The van der Waals surface area contributed by atoms with Gasteiger partial charge < -0.3 is 15.5 Å². The van der Waals surface area contributed by atoms with Crippen LogP contribution in [-0.4, -0.2) is 38.1 Å². The van der Waals surface area contributed by atoms with E-state index in [-0.39, 0.29) is 17.8 Å². The molecule has 5 heteroatoms. The number of urea groups is 1. The maximum absolute atomic E-state index is 13.7. The van der Waals surface area contributed by atoms with E-state index in [0.717, 1.165) is 6.54 Å². The Balaban J connectivity index is 2.53. The summed E-state index contributed by atoms with van der Waals surface area (Å²) >= 11 is 0. The molecule has 1 aromatic rings. The molecule has 0 saturated carbocycles. The molecule has 0 heterocycles. The van der Waals surface area contributed by atoms with Crippen LogP contribution >= 0.6 is 0 Å². The number of benzene rings is 1. The minimum atomic E-state index is -0.321. The monoisotopic (exact) mass is 267 g/mol. The number of anilines is 1. The molecule has 0 atom stereocenters. The number of nitrogens with one attached hydrogen (secondary N) is 2. The smallest absolute Gasteiger partial charge is 0.319 e. The third-order valence-corrected chi connectivity index (χ3v) is 2.72. The highest BCUT2D eigenvalue weighted by molar-refractivity contribution is 5.89. The molecule has 2 amide bonds. The fourth-order valence-corrected chi connectivity index (χ4v) is 1.64. The van der Waals surface area contributed by atoms with E-state index >= 15 is 0 Å². The van der Waals surface area contributed by atoms with Gasteiger partial charge in [0.2, 0.25) is 0 Å². The standard InChI is InChI=1S/C14H22FN3O/c1-10(2)12-6-5-11(9-13(12)15)17-14(19)16-7-8-18(3)4/h5-6,9-10H,7-8H2,1-4H3,(H2,16,17,19). The molecule has 4 nitrogen and oxygen atoms in total. The molecule has 1 rings (SSSR count). The van der Waals surface area contributed by atoms with E-state index in [4.69, 9.17) is 0 Å². The van der Waals surface area contributed by atoms with Gasteiger partial charge in [0.25, 0.3) is 0 Å². The topological polar surface area (TPSA) is 44.4 Å². The van der Waals surface area contributed by atoms with Crippen molar-refractivity contribution in [3.05, 3.63) is 29.6 Å². The van der Waals surface area contributed by atoms with Gasteiger partial charge in [0, 0.05) is 18.8 Å². The number of rotatable bonds is 5. The van der Waals surface area contributed by atoms with Crippen molar-refractivity contribution < 1.29 is 9.18 Å². The van der Waals surface area contributed by atoms with E-state index in [2.05, 4.69) is 10.6 Å². The van der Waals surface area contributed by atoms with E-state index in [1.54, 1.807) is 12.1 Å². The average Bonchev–Trinajstić information content (AvgIpc) is 2.27. The molecule has 0 radical (unpaired) electrons. The summed E-state index contributed by atoms with van der Waals surface area (Å²) in [5, 5.41) is 5.32. The summed E-state index contributed by atoms with van der Waals surface area (Å²) in [5.41, 5.74) is 1.11. The van der Waals surface area contributed by atoms with Gasteiger partial charge in [-0.2, -0.15) is 0 Å². The number of halogens is 1. The highest BCUT2D eigenvalue weighted by Crippen LogP contribution is 2.21. The summed E-state index contributed by atoms with van der Waals surface area (Å²) in [6.45, 7) is 5.17. The van der Waals surface area contributed by atoms with Gasteiger partial charge in [-0.3, -0.25) is 0 Å². The molecule has 2 N–H and O–H groups in total. The highest BCUT2D eigenvalue weighted by atomic mass is 19.1. The maximum atomic E-state index is 13.7. The van der Waals surface area contributed by atoms with Gasteiger partial charge in [0.1, 0.15) is 5.82 Å². The summed E-state index contributed by atoms with van der Waals surface area (Å²) in [6, 6.07) is 4.44. The first-order valence-electron chi connectivity index (χ1n) is 6.39. The molecule has 19 heavy (non-hydrogen) atoms. The van der Waals surface area contributed by atoms with Crippen molar-refractivity contribution in [2.24, 2.45) is 0 Å². The molecule has 0 spiro atoms. The number of nitrogens with zero attached hydrogens (tertiary/aromatic N) is 1. The van der Waals surface area contributed by atoms with Gasteiger partial charge in [-0.25, -0.2) is 9.18 Å². The fraction of sp³-hybridized carbons (Fsp3) is 0.500. The molecule has 106 valence electrons. The summed E-state index contributed by atoms with van der Waals surface area (Å²) in [4.78, 5) is 13.5. The third kappa shape index (κ3) is 5.26. The Hall–Kier alpha value is -1.62. The Morgan fingerprint density at radius 2 is 2.05 bits per heavy atom. The van der Waals surface area contributed by atoms with Crippen LogP contribution in [-0.2, 0) is 0 Å². The van der Waals surface area contributed by atoms with Gasteiger partial charge >= 0.3 is 6.03 Å². The van der Waals surface area contributed by atoms with Gasteiger partial charge in [-0.05, 0) is 37.7 Å². The third-order valence-electron chi connectivity index (χ3n) is 2.72. The highest BCUT2D eigenvalue weighted by Gasteiger charge is 2.08. The fourth-order valence-electron chi connectivity index (χ4n) is 1.64. The first kappa shape index (κ1) is 15.4. The molecule has 0 unspecified atom stereocenters. The zero-order chi connectivity index (χ0) is 14.4. The molecule has 0 fully saturated rings. The predicted octanol–water partition coefficient (Wildman–Crippen LogP) is 2.63. The lowest BCUT2D eigenvalue weighted by molar-refractivity contribution is 0.250. The summed E-state index contributed by atoms with van der Waals surface area (Å²) in [7, 11) is 3.86. The number of carbonyl (C=O) groups is 1. The van der Waals surface area contributed by atoms with Crippen LogP contribution in [0.5, 0.6) is 0 Å². The van der Waals surface area contributed by atoms with Crippen LogP contribution in [0, 0.1) is 5.82 Å². The number of hydrogen-bond acceptors (Lipinski definition) is 2. The first-order chi connectivity index (χ1) is 8.90. The molecule has 0 aliphatic heterocycles. The van der Waals surface area contributed by atoms with E-state index in [9.17, 15) is 9.18 Å². The van der Waals surface area contributed by atoms with Gasteiger partial charge in [-0.1, -0.05) is 19.9 Å². The molecule has 0 aliphatic rings. The van der Waals surface area contributed by atoms with Crippen molar-refractivity contribution in [3.63, 3.8) is 0 Å². The number of hydrogen-bond donors (Lipinski definition) is 2. The zero-order valence-corrected chi connectivity index (χ0v) is 12.0. The van der Waals surface area contributed by atoms with Crippen molar-refractivity contribution in [2.45, 2.75) is 19.8 Å². The van der Waals surface area contributed by atoms with Crippen LogP contribution in [0.2, 0.25) is 0 Å². The van der Waals surface area contributed by atoms with Crippen LogP contribution < -0.4 is 10.6 Å². The lowest BCUT2D eigenvalue weighted by Crippen LogP contribution is -2.34. The van der Waals surface area contributed by atoms with Crippen LogP contribution in [0.1, 0.15) is 25.3 Å². The molecule has 0 bridgehead atoms. The maximum Gasteiger partial charge on any atom is 0.319 e. The van der Waals surface area contributed by atoms with Crippen molar-refractivity contribution in [1.29, 1.82) is 0 Å². The van der Waals surface area contributed by atoms with Crippen LogP contribution in [0.4, 0.5) is 14.9 Å². The lowest BCUT2D eigenvalue weighted by Gasteiger charge is -2.12. The zero-order valence-electron chi connectivity index (χ0n) is 12.0. The SMILES string of the molecule is CC(C)c1ccc(NC(=O)NCCN(C)C)cc1F. The van der Waals surface area contributed by atoms with Crippen molar-refractivity contribution in [1.82, 2.24) is 10.2 Å². The Bertz CT molecular complexity index is 433. The van der Waals surface area contributed by atoms with Gasteiger partial charge in [0.15, 0.2) is 0 Å². The summed E-state index contributed by atoms with van der Waals surface area (Å²) in [5.74, 6) is -0.163. The molecule has 0 aromatic heterocycles. The number of amides is 2. The molecule has 0 aliphatic carbocycles. The minimum Gasteiger partial charge on any atom is -0.337 e. The first-order valence-corrected chi connectivity index (χ1v) is 6.39. The summed E-state index contributed by atoms with van der Waals surface area (Å²) in [6.07, 6.45) is 0. The van der Waals surface area contributed by atoms with Crippen LogP contribution in [0.3, 0.4) is 0 Å². The number of carbonyl (C=O) groups excluding carboxylic acids is 1. The average molecular weight is 267 g/mol. The second-order valence-electron chi connectivity index (χ2n) is 5.08. The van der Waals surface area contributed by atoms with E-state index in [0.29, 0.717) is 17.8 Å². The summed E-state index contributed by atoms with van der Waals surface area (Å²) < 4.78 is 13.7. The minimum absolute atomic E-state index is 0.128. The van der Waals surface area contributed by atoms with Crippen LogP contribution in [0.15, 0.2) is 18.2 Å². The van der Waals surface area contributed by atoms with E-state index in [1.165, 1.54) is 6.07 Å². The van der Waals surface area contributed by atoms with Gasteiger partial charge in [0.05, 0.1) is 0 Å². The molecule has 0 saturated heterocycles. The Labute approximate surface area is 114 Å². The van der Waals surface area contributed by atoms with Gasteiger partial charge in [-0.15, -0.1) is 0 Å². The Morgan fingerprint density at radius 1 is 1.37 bits per heavy atom. The number of likely N-dealkylation sites (N-methyl/N-ethyl adjacent to an activating group) is 1. The Kier molecular flexibility index (Phi) is 5.76. The normalized spacial score (nSPS) is 10.9. The van der Waals surface area contributed by atoms with E-state index < -0.39 is 0 Å². The lowest BCUT2D eigenvalue weighted by atomic mass is 10.0. The largest absolute Gasteiger partial charge is 0.337 e. The molecular formula is C14H22FN3O. The second-order valence-corrected chi connectivity index (χ2v) is 5.08. The Morgan fingerprint density at radius 3 is 2.58 bits per heavy atom.